The Bertz CT molecular complexity index is 1090. The molecule has 0 aromatic carbocycles. The van der Waals surface area contributed by atoms with Crippen molar-refractivity contribution in [3.63, 3.8) is 0 Å². The van der Waals surface area contributed by atoms with E-state index in [2.05, 4.69) is 43.5 Å². The first-order valence-corrected chi connectivity index (χ1v) is 31.6. The van der Waals surface area contributed by atoms with Gasteiger partial charge in [-0.25, -0.2) is 0 Å². The lowest BCUT2D eigenvalue weighted by Gasteiger charge is -2.22. The third-order valence-electron chi connectivity index (χ3n) is 14.8. The number of allylic oxidation sites excluding steroid dienone is 4. The Kier molecular flexibility index (Phi) is 58.5. The van der Waals surface area contributed by atoms with Crippen molar-refractivity contribution in [3.05, 3.63) is 24.3 Å². The van der Waals surface area contributed by atoms with Gasteiger partial charge in [-0.1, -0.05) is 301 Å². The van der Waals surface area contributed by atoms with E-state index in [9.17, 15) is 19.8 Å². The molecule has 0 fully saturated rings. The van der Waals surface area contributed by atoms with Gasteiger partial charge in [-0.05, 0) is 57.8 Å². The Morgan fingerprint density at radius 2 is 0.714 bits per heavy atom. The number of rotatable bonds is 59. The molecule has 0 bridgehead atoms. The van der Waals surface area contributed by atoms with Crippen LogP contribution in [0.5, 0.6) is 0 Å². The average Bonchev–Trinajstić information content (AvgIpc) is 3.36. The predicted molar refractivity (Wildman–Crippen MR) is 306 cm³/mol. The molecule has 0 saturated heterocycles. The van der Waals surface area contributed by atoms with Gasteiger partial charge in [0, 0.05) is 12.8 Å². The van der Waals surface area contributed by atoms with Crippen LogP contribution >= 0.6 is 0 Å². The van der Waals surface area contributed by atoms with Crippen molar-refractivity contribution in [2.75, 3.05) is 13.2 Å². The van der Waals surface area contributed by atoms with Crippen LogP contribution in [-0.4, -0.2) is 47.4 Å². The molecule has 6 nitrogen and oxygen atoms in total. The minimum Gasteiger partial charge on any atom is -0.466 e. The summed E-state index contributed by atoms with van der Waals surface area (Å²) < 4.78 is 5.49. The Labute approximate surface area is 437 Å². The maximum atomic E-state index is 12.5. The normalized spacial score (nSPS) is 12.7. The van der Waals surface area contributed by atoms with E-state index in [4.69, 9.17) is 4.74 Å². The molecule has 3 N–H and O–H groups in total. The van der Waals surface area contributed by atoms with Crippen LogP contribution in [0.3, 0.4) is 0 Å². The summed E-state index contributed by atoms with van der Waals surface area (Å²) in [5.74, 6) is -0.0333. The van der Waals surface area contributed by atoms with Crippen molar-refractivity contribution >= 4 is 11.9 Å². The van der Waals surface area contributed by atoms with E-state index >= 15 is 0 Å². The second-order valence-corrected chi connectivity index (χ2v) is 21.7. The maximum Gasteiger partial charge on any atom is 0.305 e. The Hall–Kier alpha value is -1.66. The zero-order chi connectivity index (χ0) is 50.7. The second kappa shape index (κ2) is 59.9. The molecular weight excluding hydrogens is 863 g/mol. The number of carbonyl (C=O) groups is 2. The maximum absolute atomic E-state index is 12.5. The second-order valence-electron chi connectivity index (χ2n) is 21.7. The fourth-order valence-corrected chi connectivity index (χ4v) is 9.91. The summed E-state index contributed by atoms with van der Waals surface area (Å²) in [6.07, 6.45) is 73.2. The van der Waals surface area contributed by atoms with E-state index in [1.807, 2.05) is 0 Å². The molecule has 0 saturated carbocycles. The topological polar surface area (TPSA) is 95.9 Å². The number of amides is 1. The van der Waals surface area contributed by atoms with Gasteiger partial charge in [0.15, 0.2) is 0 Å². The lowest BCUT2D eigenvalue weighted by atomic mass is 10.0. The first-order valence-electron chi connectivity index (χ1n) is 31.6. The average molecular weight is 987 g/mol. The van der Waals surface area contributed by atoms with Gasteiger partial charge in [0.2, 0.25) is 5.91 Å². The van der Waals surface area contributed by atoms with Crippen molar-refractivity contribution in [1.82, 2.24) is 5.32 Å². The number of nitrogens with one attached hydrogen (secondary N) is 1. The highest BCUT2D eigenvalue weighted by molar-refractivity contribution is 5.76. The molecule has 70 heavy (non-hydrogen) atoms. The van der Waals surface area contributed by atoms with E-state index in [1.54, 1.807) is 0 Å². The summed E-state index contributed by atoms with van der Waals surface area (Å²) >= 11 is 0. The van der Waals surface area contributed by atoms with E-state index in [0.717, 1.165) is 51.4 Å². The van der Waals surface area contributed by atoms with Gasteiger partial charge < -0.3 is 20.3 Å². The molecule has 2 atom stereocenters. The Morgan fingerprint density at radius 3 is 1.11 bits per heavy atom. The third kappa shape index (κ3) is 55.7. The number of aliphatic hydroxyl groups excluding tert-OH is 2. The van der Waals surface area contributed by atoms with Crippen molar-refractivity contribution in [2.45, 2.75) is 360 Å². The van der Waals surface area contributed by atoms with E-state index < -0.39 is 12.1 Å². The monoisotopic (exact) mass is 986 g/mol. The fraction of sp³-hybridized carbons (Fsp3) is 0.906. The standard InChI is InChI=1S/C64H123NO5/c1-3-5-7-9-11-13-15-17-19-24-28-32-36-40-44-48-52-56-62(67)61(60-66)65-63(68)57-53-49-45-41-37-33-29-26-22-21-23-27-31-35-39-43-47-51-55-59-70-64(69)58-54-50-46-42-38-34-30-25-20-18-16-14-12-10-8-6-4-2/h12,14,18,20,61-62,66-67H,3-11,13,15-17,19,21-60H2,1-2H3,(H,65,68)/b14-12-,20-18-. The lowest BCUT2D eigenvalue weighted by molar-refractivity contribution is -0.143. The van der Waals surface area contributed by atoms with Crippen LogP contribution < -0.4 is 5.32 Å². The summed E-state index contributed by atoms with van der Waals surface area (Å²) in [5.41, 5.74) is 0. The van der Waals surface area contributed by atoms with Gasteiger partial charge in [-0.15, -0.1) is 0 Å². The first kappa shape index (κ1) is 68.3. The van der Waals surface area contributed by atoms with Gasteiger partial charge in [-0.3, -0.25) is 9.59 Å². The molecule has 2 unspecified atom stereocenters. The molecular formula is C64H123NO5. The molecule has 0 aliphatic carbocycles. The SMILES string of the molecule is CCCCC/C=C\C/C=C\CCCCCCCCCC(=O)OCCCCCCCCCCCCCCCCCCCCCC(=O)NC(CO)C(O)CCCCCCCCCCCCCCCCCCC. The number of hydrogen-bond acceptors (Lipinski definition) is 5. The number of unbranched alkanes of at least 4 members (excludes halogenated alkanes) is 44. The molecule has 6 heteroatoms. The molecule has 0 rings (SSSR count). The minimum atomic E-state index is -0.667. The fourth-order valence-electron chi connectivity index (χ4n) is 9.91. The van der Waals surface area contributed by atoms with E-state index in [1.165, 1.54) is 263 Å². The molecule has 414 valence electrons. The van der Waals surface area contributed by atoms with Crippen LogP contribution in [0.15, 0.2) is 24.3 Å². The third-order valence-corrected chi connectivity index (χ3v) is 14.8. The summed E-state index contributed by atoms with van der Waals surface area (Å²) in [5, 5.41) is 23.3. The van der Waals surface area contributed by atoms with Crippen LogP contribution in [0.2, 0.25) is 0 Å². The number of aliphatic hydroxyl groups is 2. The van der Waals surface area contributed by atoms with Crippen LogP contribution in [0.4, 0.5) is 0 Å². The zero-order valence-corrected chi connectivity index (χ0v) is 47.3. The highest BCUT2D eigenvalue weighted by Crippen LogP contribution is 2.18. The van der Waals surface area contributed by atoms with Crippen LogP contribution in [0.1, 0.15) is 348 Å². The predicted octanol–water partition coefficient (Wildman–Crippen LogP) is 19.8. The lowest BCUT2D eigenvalue weighted by Crippen LogP contribution is -2.45. The van der Waals surface area contributed by atoms with Gasteiger partial charge in [0.1, 0.15) is 0 Å². The molecule has 0 aliphatic heterocycles. The van der Waals surface area contributed by atoms with Crippen molar-refractivity contribution in [2.24, 2.45) is 0 Å². The van der Waals surface area contributed by atoms with Gasteiger partial charge in [0.25, 0.3) is 0 Å². The molecule has 0 aromatic heterocycles. The Balaban J connectivity index is 3.39. The van der Waals surface area contributed by atoms with Crippen molar-refractivity contribution < 1.29 is 24.5 Å². The number of ether oxygens (including phenoxy) is 1. The molecule has 1 amide bonds. The van der Waals surface area contributed by atoms with Gasteiger partial charge >= 0.3 is 5.97 Å². The quantitative estimate of drug-likeness (QED) is 0.0321. The smallest absolute Gasteiger partial charge is 0.305 e. The molecule has 0 aliphatic rings. The highest BCUT2D eigenvalue weighted by atomic mass is 16.5. The molecule has 0 spiro atoms. The van der Waals surface area contributed by atoms with Crippen molar-refractivity contribution in [3.8, 4) is 0 Å². The van der Waals surface area contributed by atoms with Gasteiger partial charge in [-0.2, -0.15) is 0 Å². The van der Waals surface area contributed by atoms with E-state index in [0.29, 0.717) is 25.9 Å². The number of carbonyl (C=O) groups excluding carboxylic acids is 2. The molecule has 0 radical (unpaired) electrons. The van der Waals surface area contributed by atoms with Crippen LogP contribution in [0, 0.1) is 0 Å². The Morgan fingerprint density at radius 1 is 0.400 bits per heavy atom. The summed E-state index contributed by atoms with van der Waals surface area (Å²) in [7, 11) is 0. The number of hydrogen-bond donors (Lipinski definition) is 3. The largest absolute Gasteiger partial charge is 0.466 e. The zero-order valence-electron chi connectivity index (χ0n) is 47.3. The van der Waals surface area contributed by atoms with Crippen LogP contribution in [0.25, 0.3) is 0 Å². The summed E-state index contributed by atoms with van der Waals surface area (Å²) in [6.45, 7) is 4.94. The molecule has 0 aromatic rings. The molecule has 0 heterocycles. The first-order chi connectivity index (χ1) is 34.5. The van der Waals surface area contributed by atoms with E-state index in [-0.39, 0.29) is 18.5 Å². The summed E-state index contributed by atoms with van der Waals surface area (Å²) in [6, 6.07) is -0.544. The van der Waals surface area contributed by atoms with Gasteiger partial charge in [0.05, 0.1) is 25.4 Å². The highest BCUT2D eigenvalue weighted by Gasteiger charge is 2.20. The number of esters is 1. The van der Waals surface area contributed by atoms with Crippen LogP contribution in [-0.2, 0) is 14.3 Å². The minimum absolute atomic E-state index is 0.00196. The summed E-state index contributed by atoms with van der Waals surface area (Å²) in [4.78, 5) is 24.6. The van der Waals surface area contributed by atoms with Crippen molar-refractivity contribution in [1.29, 1.82) is 0 Å².